The molecule has 7 heteroatoms. The quantitative estimate of drug-likeness (QED) is 0.547. The van der Waals surface area contributed by atoms with Crippen molar-refractivity contribution in [3.63, 3.8) is 0 Å². The van der Waals surface area contributed by atoms with Crippen molar-refractivity contribution >= 4 is 23.3 Å². The van der Waals surface area contributed by atoms with Crippen molar-refractivity contribution in [2.75, 3.05) is 11.9 Å². The maximum atomic E-state index is 13.8. The number of rotatable bonds is 5. The Morgan fingerprint density at radius 1 is 1.30 bits per heavy atom. The van der Waals surface area contributed by atoms with Gasteiger partial charge < -0.3 is 15.2 Å². The van der Waals surface area contributed by atoms with Crippen LogP contribution in [0.15, 0.2) is 67.1 Å². The van der Waals surface area contributed by atoms with Gasteiger partial charge in [-0.25, -0.2) is 9.18 Å². The van der Waals surface area contributed by atoms with Gasteiger partial charge in [-0.05, 0) is 36.4 Å². The first-order valence-electron chi connectivity index (χ1n) is 9.36. The van der Waals surface area contributed by atoms with E-state index in [-0.39, 0.29) is 16.5 Å². The molecule has 1 aliphatic heterocycles. The number of halogens is 2. The number of anilines is 1. The van der Waals surface area contributed by atoms with Gasteiger partial charge >= 0.3 is 5.97 Å². The minimum Gasteiger partial charge on any atom is -0.493 e. The summed E-state index contributed by atoms with van der Waals surface area (Å²) in [6, 6.07) is 11.9. The molecule has 4 rings (SSSR count). The van der Waals surface area contributed by atoms with Crippen molar-refractivity contribution in [3.05, 3.63) is 89.1 Å². The lowest BCUT2D eigenvalue weighted by Gasteiger charge is -2.24. The molecule has 0 spiro atoms. The number of hydrogen-bond acceptors (Lipinski definition) is 4. The van der Waals surface area contributed by atoms with E-state index in [9.17, 15) is 14.3 Å². The van der Waals surface area contributed by atoms with E-state index in [1.807, 2.05) is 24.3 Å². The lowest BCUT2D eigenvalue weighted by Crippen LogP contribution is -2.13. The summed E-state index contributed by atoms with van der Waals surface area (Å²) >= 11 is 6.12. The molecule has 2 heterocycles. The molecule has 2 aromatic carbocycles. The van der Waals surface area contributed by atoms with Crippen molar-refractivity contribution in [3.8, 4) is 16.9 Å². The van der Waals surface area contributed by atoms with Gasteiger partial charge in [-0.2, -0.15) is 0 Å². The Kier molecular flexibility index (Phi) is 5.68. The van der Waals surface area contributed by atoms with Crippen LogP contribution < -0.4 is 10.1 Å². The molecular weight excluding hydrogens is 407 g/mol. The maximum absolute atomic E-state index is 13.8. The fraction of sp³-hybridized carbons (Fsp3) is 0.130. The molecule has 1 aromatic heterocycles. The number of carbonyl (C=O) groups is 1. The summed E-state index contributed by atoms with van der Waals surface area (Å²) in [6.45, 7) is 0.537. The highest BCUT2D eigenvalue weighted by Gasteiger charge is 2.21. The standard InChI is InChI=1S/C23H18ClFN2O3/c24-22-17(2-1-3-19(22)25)15-4-5-16-14(8-11-30-21(16)12-15)6-10-27-20-13-26-9-7-18(20)23(28)29/h1-7,9-10,12-14,27H,8,11H2,(H,28,29)/b10-6+. The molecule has 30 heavy (non-hydrogen) atoms. The molecule has 0 saturated carbocycles. The number of aromatic nitrogens is 1. The number of fused-ring (bicyclic) bond motifs is 1. The molecule has 0 aliphatic carbocycles. The number of benzene rings is 2. The zero-order valence-corrected chi connectivity index (χ0v) is 16.6. The van der Waals surface area contributed by atoms with Gasteiger partial charge in [-0.3, -0.25) is 4.98 Å². The van der Waals surface area contributed by atoms with Crippen molar-refractivity contribution < 1.29 is 19.0 Å². The SMILES string of the molecule is O=C(O)c1ccncc1N/C=C/C1CCOc2cc(-c3cccc(F)c3Cl)ccc21. The highest BCUT2D eigenvalue weighted by Crippen LogP contribution is 2.39. The molecule has 5 nitrogen and oxygen atoms in total. The third kappa shape index (κ3) is 4.00. The highest BCUT2D eigenvalue weighted by molar-refractivity contribution is 6.33. The first-order valence-corrected chi connectivity index (χ1v) is 9.74. The summed E-state index contributed by atoms with van der Waals surface area (Å²) in [5.41, 5.74) is 2.96. The lowest BCUT2D eigenvalue weighted by molar-refractivity contribution is 0.0698. The minimum absolute atomic E-state index is 0.0830. The molecule has 0 fully saturated rings. The molecule has 0 amide bonds. The van der Waals surface area contributed by atoms with Gasteiger partial charge in [0.1, 0.15) is 11.6 Å². The molecule has 0 bridgehead atoms. The average Bonchev–Trinajstić information content (AvgIpc) is 2.75. The number of aromatic carboxylic acids is 1. The molecule has 2 N–H and O–H groups in total. The van der Waals surface area contributed by atoms with Crippen LogP contribution in [-0.2, 0) is 0 Å². The van der Waals surface area contributed by atoms with Crippen LogP contribution in [0.25, 0.3) is 11.1 Å². The van der Waals surface area contributed by atoms with E-state index in [1.165, 1.54) is 24.5 Å². The molecule has 152 valence electrons. The van der Waals surface area contributed by atoms with Crippen molar-refractivity contribution in [2.45, 2.75) is 12.3 Å². The number of carboxylic acid groups (broad SMARTS) is 1. The molecule has 1 unspecified atom stereocenters. The number of nitrogens with zero attached hydrogens (tertiary/aromatic N) is 1. The van der Waals surface area contributed by atoms with E-state index in [2.05, 4.69) is 10.3 Å². The Morgan fingerprint density at radius 3 is 3.00 bits per heavy atom. The summed E-state index contributed by atoms with van der Waals surface area (Å²) < 4.78 is 19.6. The summed E-state index contributed by atoms with van der Waals surface area (Å²) in [5.74, 6) is -0.673. The van der Waals surface area contributed by atoms with Gasteiger partial charge in [0.2, 0.25) is 0 Å². The van der Waals surface area contributed by atoms with E-state index in [1.54, 1.807) is 18.3 Å². The predicted octanol–water partition coefficient (Wildman–Crippen LogP) is 5.73. The third-order valence-electron chi connectivity index (χ3n) is 4.98. The number of allylic oxidation sites excluding steroid dienone is 1. The van der Waals surface area contributed by atoms with E-state index < -0.39 is 11.8 Å². The fourth-order valence-corrected chi connectivity index (χ4v) is 3.70. The first kappa shape index (κ1) is 19.9. The number of hydrogen-bond donors (Lipinski definition) is 2. The van der Waals surface area contributed by atoms with Gasteiger partial charge in [-0.1, -0.05) is 41.9 Å². The zero-order valence-electron chi connectivity index (χ0n) is 15.8. The number of carboxylic acids is 1. The summed E-state index contributed by atoms with van der Waals surface area (Å²) in [7, 11) is 0. The summed E-state index contributed by atoms with van der Waals surface area (Å²) in [4.78, 5) is 15.3. The second kappa shape index (κ2) is 8.55. The van der Waals surface area contributed by atoms with Crippen LogP contribution in [0.2, 0.25) is 5.02 Å². The van der Waals surface area contributed by atoms with Gasteiger partial charge in [0, 0.05) is 23.2 Å². The van der Waals surface area contributed by atoms with Crippen LogP contribution in [0.1, 0.15) is 28.3 Å². The molecular formula is C23H18ClFN2O3. The number of pyridine rings is 1. The van der Waals surface area contributed by atoms with Crippen LogP contribution in [0.5, 0.6) is 5.75 Å². The second-order valence-electron chi connectivity index (χ2n) is 6.83. The van der Waals surface area contributed by atoms with Gasteiger partial charge in [0.25, 0.3) is 0 Å². The van der Waals surface area contributed by atoms with Crippen LogP contribution in [0.3, 0.4) is 0 Å². The summed E-state index contributed by atoms with van der Waals surface area (Å²) in [5, 5.41) is 12.3. The number of ether oxygens (including phenoxy) is 1. The molecule has 0 saturated heterocycles. The van der Waals surface area contributed by atoms with E-state index in [0.29, 0.717) is 17.9 Å². The Morgan fingerprint density at radius 2 is 2.17 bits per heavy atom. The van der Waals surface area contributed by atoms with Crippen molar-refractivity contribution in [1.29, 1.82) is 0 Å². The van der Waals surface area contributed by atoms with Crippen LogP contribution in [0.4, 0.5) is 10.1 Å². The normalized spacial score (nSPS) is 15.5. The van der Waals surface area contributed by atoms with E-state index in [4.69, 9.17) is 16.3 Å². The monoisotopic (exact) mass is 424 g/mol. The zero-order chi connectivity index (χ0) is 21.1. The maximum Gasteiger partial charge on any atom is 0.337 e. The van der Waals surface area contributed by atoms with Gasteiger partial charge in [0.15, 0.2) is 0 Å². The predicted molar refractivity (Wildman–Crippen MR) is 114 cm³/mol. The molecule has 1 atom stereocenters. The molecule has 3 aromatic rings. The Balaban J connectivity index is 1.57. The fourth-order valence-electron chi connectivity index (χ4n) is 3.46. The second-order valence-corrected chi connectivity index (χ2v) is 7.21. The first-order chi connectivity index (χ1) is 14.5. The molecule has 1 aliphatic rings. The van der Waals surface area contributed by atoms with Crippen molar-refractivity contribution in [2.24, 2.45) is 0 Å². The van der Waals surface area contributed by atoms with Crippen molar-refractivity contribution in [1.82, 2.24) is 4.98 Å². The minimum atomic E-state index is -1.02. The Hall–Kier alpha value is -3.38. The lowest BCUT2D eigenvalue weighted by atomic mass is 9.91. The Bertz CT molecular complexity index is 1130. The topological polar surface area (TPSA) is 71.5 Å². The van der Waals surface area contributed by atoms with Crippen LogP contribution >= 0.6 is 11.6 Å². The van der Waals surface area contributed by atoms with E-state index >= 15 is 0 Å². The molecule has 0 radical (unpaired) electrons. The van der Waals surface area contributed by atoms with E-state index in [0.717, 1.165) is 23.3 Å². The number of nitrogens with one attached hydrogen (secondary N) is 1. The summed E-state index contributed by atoms with van der Waals surface area (Å²) in [6.07, 6.45) is 7.38. The Labute approximate surface area is 177 Å². The average molecular weight is 425 g/mol. The van der Waals surface area contributed by atoms with Gasteiger partial charge in [0.05, 0.1) is 29.1 Å². The third-order valence-corrected chi connectivity index (χ3v) is 5.37. The largest absolute Gasteiger partial charge is 0.493 e. The smallest absolute Gasteiger partial charge is 0.337 e. The highest BCUT2D eigenvalue weighted by atomic mass is 35.5. The van der Waals surface area contributed by atoms with Crippen LogP contribution in [-0.4, -0.2) is 22.7 Å². The van der Waals surface area contributed by atoms with Crippen LogP contribution in [0, 0.1) is 5.82 Å². The van der Waals surface area contributed by atoms with Gasteiger partial charge in [-0.15, -0.1) is 0 Å².